The molecule has 1 fully saturated rings. The van der Waals surface area contributed by atoms with E-state index in [4.69, 9.17) is 17.3 Å². The molecule has 0 bridgehead atoms. The van der Waals surface area contributed by atoms with Crippen molar-refractivity contribution in [3.63, 3.8) is 0 Å². The summed E-state index contributed by atoms with van der Waals surface area (Å²) in [5, 5.41) is 8.53. The zero-order chi connectivity index (χ0) is 11.5. The second kappa shape index (κ2) is 4.97. The molecule has 2 rings (SSSR count). The Labute approximate surface area is 101 Å². The van der Waals surface area contributed by atoms with Crippen molar-refractivity contribution in [2.24, 2.45) is 0 Å². The molecule has 4 nitrogen and oxygen atoms in total. The smallest absolute Gasteiger partial charge is 0.164 e. The number of anilines is 1. The Morgan fingerprint density at radius 3 is 2.69 bits per heavy atom. The lowest BCUT2D eigenvalue weighted by molar-refractivity contribution is 0.220. The third-order valence-corrected chi connectivity index (χ3v) is 3.55. The molecule has 16 heavy (non-hydrogen) atoms. The van der Waals surface area contributed by atoms with Gasteiger partial charge in [-0.1, -0.05) is 18.5 Å². The number of likely N-dealkylation sites (tertiary alicyclic amines) is 1. The molecule has 0 spiro atoms. The predicted octanol–water partition coefficient (Wildman–Crippen LogP) is 1.91. The maximum absolute atomic E-state index is 5.95. The van der Waals surface area contributed by atoms with Gasteiger partial charge in [0.2, 0.25) is 0 Å². The van der Waals surface area contributed by atoms with E-state index in [-0.39, 0.29) is 0 Å². The fourth-order valence-electron chi connectivity index (χ4n) is 2.14. The van der Waals surface area contributed by atoms with Crippen LogP contribution >= 0.6 is 11.6 Å². The Hall–Kier alpha value is -0.870. The summed E-state index contributed by atoms with van der Waals surface area (Å²) in [7, 11) is 0. The molecule has 2 N–H and O–H groups in total. The van der Waals surface area contributed by atoms with Crippen LogP contribution in [-0.4, -0.2) is 34.7 Å². The summed E-state index contributed by atoms with van der Waals surface area (Å²) in [4.78, 5) is 2.45. The SMILES string of the molecule is CCN1CCC(c2cc(Cl)c(N)nn2)CC1. The first-order valence-electron chi connectivity index (χ1n) is 5.71. The first-order chi connectivity index (χ1) is 7.70. The van der Waals surface area contributed by atoms with Crippen LogP contribution in [0.5, 0.6) is 0 Å². The summed E-state index contributed by atoms with van der Waals surface area (Å²) in [6.45, 7) is 5.58. The van der Waals surface area contributed by atoms with Gasteiger partial charge in [0, 0.05) is 5.92 Å². The van der Waals surface area contributed by atoms with Crippen molar-refractivity contribution < 1.29 is 0 Å². The quantitative estimate of drug-likeness (QED) is 0.858. The van der Waals surface area contributed by atoms with E-state index >= 15 is 0 Å². The molecule has 0 aliphatic carbocycles. The summed E-state index contributed by atoms with van der Waals surface area (Å²) in [6.07, 6.45) is 2.26. The standard InChI is InChI=1S/C11H17ClN4/c1-2-16-5-3-8(4-6-16)10-7-9(12)11(13)15-14-10/h7-8H,2-6H2,1H3,(H2,13,15). The molecule has 1 aromatic rings. The molecule has 0 radical (unpaired) electrons. The summed E-state index contributed by atoms with van der Waals surface area (Å²) < 4.78 is 0. The second-order valence-corrected chi connectivity index (χ2v) is 4.62. The zero-order valence-electron chi connectivity index (χ0n) is 9.49. The number of piperidine rings is 1. The summed E-state index contributed by atoms with van der Waals surface area (Å²) in [5.74, 6) is 0.796. The van der Waals surface area contributed by atoms with Crippen LogP contribution in [0.3, 0.4) is 0 Å². The van der Waals surface area contributed by atoms with Gasteiger partial charge in [0.1, 0.15) is 0 Å². The highest BCUT2D eigenvalue weighted by atomic mass is 35.5. The number of halogens is 1. The van der Waals surface area contributed by atoms with E-state index < -0.39 is 0 Å². The summed E-state index contributed by atoms with van der Waals surface area (Å²) >= 11 is 5.95. The van der Waals surface area contributed by atoms with Gasteiger partial charge in [-0.25, -0.2) is 0 Å². The van der Waals surface area contributed by atoms with Crippen molar-refractivity contribution in [3.8, 4) is 0 Å². The molecule has 2 heterocycles. The molecule has 0 saturated carbocycles. The van der Waals surface area contributed by atoms with E-state index in [1.807, 2.05) is 6.07 Å². The molecule has 88 valence electrons. The minimum absolute atomic E-state index is 0.316. The minimum atomic E-state index is 0.316. The van der Waals surface area contributed by atoms with Crippen LogP contribution in [0.1, 0.15) is 31.4 Å². The van der Waals surface area contributed by atoms with Crippen molar-refractivity contribution in [3.05, 3.63) is 16.8 Å². The maximum atomic E-state index is 5.95. The third-order valence-electron chi connectivity index (χ3n) is 3.25. The lowest BCUT2D eigenvalue weighted by Gasteiger charge is -2.30. The van der Waals surface area contributed by atoms with Crippen molar-refractivity contribution in [1.82, 2.24) is 15.1 Å². The molecular weight excluding hydrogens is 224 g/mol. The van der Waals surface area contributed by atoms with Crippen LogP contribution < -0.4 is 5.73 Å². The molecule has 0 atom stereocenters. The third kappa shape index (κ3) is 2.44. The molecule has 1 aromatic heterocycles. The highest BCUT2D eigenvalue weighted by molar-refractivity contribution is 6.32. The predicted molar refractivity (Wildman–Crippen MR) is 65.5 cm³/mol. The summed E-state index contributed by atoms with van der Waals surface area (Å²) in [5.41, 5.74) is 6.53. The van der Waals surface area contributed by atoms with Gasteiger partial charge in [-0.2, -0.15) is 5.10 Å². The van der Waals surface area contributed by atoms with E-state index in [0.717, 1.165) is 38.2 Å². The monoisotopic (exact) mass is 240 g/mol. The fourth-order valence-corrected chi connectivity index (χ4v) is 2.29. The first-order valence-corrected chi connectivity index (χ1v) is 6.09. The maximum Gasteiger partial charge on any atom is 0.164 e. The van der Waals surface area contributed by atoms with Crippen LogP contribution in [0.15, 0.2) is 6.07 Å². The zero-order valence-corrected chi connectivity index (χ0v) is 10.2. The Bertz CT molecular complexity index is 361. The van der Waals surface area contributed by atoms with Gasteiger partial charge in [-0.05, 0) is 38.5 Å². The van der Waals surface area contributed by atoms with Crippen LogP contribution in [0.25, 0.3) is 0 Å². The minimum Gasteiger partial charge on any atom is -0.381 e. The molecule has 0 amide bonds. The van der Waals surface area contributed by atoms with Crippen molar-refractivity contribution in [2.75, 3.05) is 25.4 Å². The molecule has 1 saturated heterocycles. The van der Waals surface area contributed by atoms with Crippen LogP contribution in [0.4, 0.5) is 5.82 Å². The normalized spacial score (nSPS) is 18.9. The number of hydrogen-bond donors (Lipinski definition) is 1. The van der Waals surface area contributed by atoms with Gasteiger partial charge in [0.25, 0.3) is 0 Å². The number of aromatic nitrogens is 2. The van der Waals surface area contributed by atoms with Crippen LogP contribution in [0, 0.1) is 0 Å². The molecule has 1 aliphatic heterocycles. The van der Waals surface area contributed by atoms with Crippen LogP contribution in [-0.2, 0) is 0 Å². The second-order valence-electron chi connectivity index (χ2n) is 4.21. The Morgan fingerprint density at radius 1 is 1.44 bits per heavy atom. The lowest BCUT2D eigenvalue weighted by Crippen LogP contribution is -2.32. The van der Waals surface area contributed by atoms with E-state index in [9.17, 15) is 0 Å². The molecule has 1 aliphatic rings. The number of rotatable bonds is 2. The van der Waals surface area contributed by atoms with Gasteiger partial charge in [-0.3, -0.25) is 0 Å². The molecule has 0 aromatic carbocycles. The van der Waals surface area contributed by atoms with Crippen molar-refractivity contribution in [2.45, 2.75) is 25.7 Å². The van der Waals surface area contributed by atoms with E-state index in [1.165, 1.54) is 0 Å². The van der Waals surface area contributed by atoms with Crippen molar-refractivity contribution >= 4 is 17.4 Å². The highest BCUT2D eigenvalue weighted by Crippen LogP contribution is 2.28. The van der Waals surface area contributed by atoms with Gasteiger partial charge >= 0.3 is 0 Å². The van der Waals surface area contributed by atoms with E-state index in [0.29, 0.717) is 16.8 Å². The largest absolute Gasteiger partial charge is 0.381 e. The molecule has 5 heteroatoms. The topological polar surface area (TPSA) is 55.0 Å². The first kappa shape index (κ1) is 11.6. The summed E-state index contributed by atoms with van der Waals surface area (Å²) in [6, 6.07) is 1.86. The number of nitrogens with zero attached hydrogens (tertiary/aromatic N) is 3. The van der Waals surface area contributed by atoms with Gasteiger partial charge in [0.15, 0.2) is 5.82 Å². The van der Waals surface area contributed by atoms with Gasteiger partial charge in [-0.15, -0.1) is 5.10 Å². The van der Waals surface area contributed by atoms with E-state index in [2.05, 4.69) is 22.0 Å². The van der Waals surface area contributed by atoms with Gasteiger partial charge < -0.3 is 10.6 Å². The molecular formula is C11H17ClN4. The number of hydrogen-bond acceptors (Lipinski definition) is 4. The highest BCUT2D eigenvalue weighted by Gasteiger charge is 2.21. The Kier molecular flexibility index (Phi) is 3.61. The Morgan fingerprint density at radius 2 is 2.12 bits per heavy atom. The Balaban J connectivity index is 2.05. The molecule has 0 unspecified atom stereocenters. The average molecular weight is 241 g/mol. The number of nitrogen functional groups attached to an aromatic ring is 1. The lowest BCUT2D eigenvalue weighted by atomic mass is 9.93. The van der Waals surface area contributed by atoms with Crippen molar-refractivity contribution in [1.29, 1.82) is 0 Å². The fraction of sp³-hybridized carbons (Fsp3) is 0.636. The number of nitrogens with two attached hydrogens (primary N) is 1. The average Bonchev–Trinajstić information content (AvgIpc) is 2.33. The van der Waals surface area contributed by atoms with Crippen LogP contribution in [0.2, 0.25) is 5.02 Å². The van der Waals surface area contributed by atoms with E-state index in [1.54, 1.807) is 0 Å². The van der Waals surface area contributed by atoms with Gasteiger partial charge in [0.05, 0.1) is 10.7 Å².